The second-order valence-electron chi connectivity index (χ2n) is 6.49. The summed E-state index contributed by atoms with van der Waals surface area (Å²) in [7, 11) is 0. The van der Waals surface area contributed by atoms with Gasteiger partial charge in [-0.25, -0.2) is 0 Å². The second kappa shape index (κ2) is 3.89. The second-order valence-corrected chi connectivity index (χ2v) is 6.49. The molecule has 1 aromatic rings. The Morgan fingerprint density at radius 2 is 1.84 bits per heavy atom. The Balaban J connectivity index is 2.20. The highest BCUT2D eigenvalue weighted by Crippen LogP contribution is 2.38. The van der Waals surface area contributed by atoms with Gasteiger partial charge in [0.05, 0.1) is 0 Å². The molecule has 0 fully saturated rings. The summed E-state index contributed by atoms with van der Waals surface area (Å²) in [5, 5.41) is 0. The summed E-state index contributed by atoms with van der Waals surface area (Å²) >= 11 is 0. The summed E-state index contributed by atoms with van der Waals surface area (Å²) in [6.07, 6.45) is 4.80. The SMILES string of the molecule is CC1=Cc2ccc3c(c2C(=O)C1=O)CCC(C)(C)C3. The van der Waals surface area contributed by atoms with E-state index in [-0.39, 0.29) is 17.0 Å². The average Bonchev–Trinajstić information content (AvgIpc) is 2.34. The van der Waals surface area contributed by atoms with Gasteiger partial charge in [0.15, 0.2) is 0 Å². The Labute approximate surface area is 113 Å². The first-order valence-corrected chi connectivity index (χ1v) is 6.81. The summed E-state index contributed by atoms with van der Waals surface area (Å²) in [5.41, 5.74) is 4.77. The molecule has 3 rings (SSSR count). The minimum atomic E-state index is -0.342. The van der Waals surface area contributed by atoms with Gasteiger partial charge in [0.2, 0.25) is 11.6 Å². The van der Waals surface area contributed by atoms with Crippen LogP contribution in [0.4, 0.5) is 0 Å². The maximum atomic E-state index is 12.3. The Bertz CT molecular complexity index is 633. The van der Waals surface area contributed by atoms with Crippen molar-refractivity contribution in [3.8, 4) is 0 Å². The number of rotatable bonds is 0. The molecule has 98 valence electrons. The molecule has 0 bridgehead atoms. The number of Topliss-reactive ketones (excluding diaryl/α,β-unsaturated/α-hetero) is 2. The predicted molar refractivity (Wildman–Crippen MR) is 75.2 cm³/mol. The number of ketones is 2. The Morgan fingerprint density at radius 1 is 1.11 bits per heavy atom. The first-order chi connectivity index (χ1) is 8.89. The van der Waals surface area contributed by atoms with E-state index in [4.69, 9.17) is 0 Å². The molecule has 0 unspecified atom stereocenters. The molecule has 0 heterocycles. The zero-order valence-corrected chi connectivity index (χ0v) is 11.7. The van der Waals surface area contributed by atoms with Gasteiger partial charge in [0.1, 0.15) is 0 Å². The lowest BCUT2D eigenvalue weighted by molar-refractivity contribution is -0.111. The molecule has 0 N–H and O–H groups in total. The molecule has 0 spiro atoms. The van der Waals surface area contributed by atoms with Gasteiger partial charge in [-0.3, -0.25) is 9.59 Å². The number of fused-ring (bicyclic) bond motifs is 3. The van der Waals surface area contributed by atoms with Gasteiger partial charge in [-0.1, -0.05) is 26.0 Å². The van der Waals surface area contributed by atoms with E-state index < -0.39 is 0 Å². The molecule has 0 radical (unpaired) electrons. The van der Waals surface area contributed by atoms with Crippen LogP contribution in [0.1, 0.15) is 54.2 Å². The van der Waals surface area contributed by atoms with Crippen molar-refractivity contribution in [1.82, 2.24) is 0 Å². The molecule has 1 aromatic carbocycles. The monoisotopic (exact) mass is 254 g/mol. The number of benzene rings is 1. The highest BCUT2D eigenvalue weighted by molar-refractivity contribution is 6.51. The fourth-order valence-electron chi connectivity index (χ4n) is 3.21. The lowest BCUT2D eigenvalue weighted by atomic mass is 9.71. The van der Waals surface area contributed by atoms with Crippen molar-refractivity contribution < 1.29 is 9.59 Å². The molecule has 2 nitrogen and oxygen atoms in total. The van der Waals surface area contributed by atoms with Crippen molar-refractivity contribution >= 4 is 17.6 Å². The highest BCUT2D eigenvalue weighted by atomic mass is 16.2. The fourth-order valence-corrected chi connectivity index (χ4v) is 3.21. The van der Waals surface area contributed by atoms with E-state index in [1.165, 1.54) is 5.56 Å². The topological polar surface area (TPSA) is 34.1 Å². The summed E-state index contributed by atoms with van der Waals surface area (Å²) < 4.78 is 0. The van der Waals surface area contributed by atoms with Gasteiger partial charge in [0.25, 0.3) is 0 Å². The fraction of sp³-hybridized carbons (Fsp3) is 0.412. The van der Waals surface area contributed by atoms with Crippen molar-refractivity contribution in [2.75, 3.05) is 0 Å². The lowest BCUT2D eigenvalue weighted by Crippen LogP contribution is -2.28. The van der Waals surface area contributed by atoms with Crippen molar-refractivity contribution in [3.63, 3.8) is 0 Å². The maximum absolute atomic E-state index is 12.3. The van der Waals surface area contributed by atoms with E-state index in [1.54, 1.807) is 6.92 Å². The minimum absolute atomic E-state index is 0.286. The summed E-state index contributed by atoms with van der Waals surface area (Å²) in [6.45, 7) is 6.23. The van der Waals surface area contributed by atoms with Crippen molar-refractivity contribution in [2.45, 2.75) is 40.0 Å². The van der Waals surface area contributed by atoms with Gasteiger partial charge in [-0.15, -0.1) is 0 Å². The van der Waals surface area contributed by atoms with E-state index >= 15 is 0 Å². The van der Waals surface area contributed by atoms with Crippen LogP contribution in [-0.2, 0) is 17.6 Å². The van der Waals surface area contributed by atoms with Gasteiger partial charge in [0, 0.05) is 11.1 Å². The third kappa shape index (κ3) is 1.86. The van der Waals surface area contributed by atoms with Crippen molar-refractivity contribution in [2.24, 2.45) is 5.41 Å². The van der Waals surface area contributed by atoms with Crippen molar-refractivity contribution in [1.29, 1.82) is 0 Å². The first kappa shape index (κ1) is 12.3. The minimum Gasteiger partial charge on any atom is -0.285 e. The van der Waals surface area contributed by atoms with E-state index in [9.17, 15) is 9.59 Å². The number of carbonyl (C=O) groups excluding carboxylic acids is 2. The normalized spacial score (nSPS) is 20.7. The van der Waals surface area contributed by atoms with Crippen LogP contribution in [0.3, 0.4) is 0 Å². The molecule has 0 aliphatic heterocycles. The number of hydrogen-bond donors (Lipinski definition) is 0. The van der Waals surface area contributed by atoms with E-state index in [0.29, 0.717) is 11.1 Å². The van der Waals surface area contributed by atoms with Crippen LogP contribution in [0, 0.1) is 5.41 Å². The molecular weight excluding hydrogens is 236 g/mol. The molecule has 2 heteroatoms. The van der Waals surface area contributed by atoms with Crippen LogP contribution in [0.5, 0.6) is 0 Å². The van der Waals surface area contributed by atoms with Gasteiger partial charge in [-0.2, -0.15) is 0 Å². The zero-order valence-electron chi connectivity index (χ0n) is 11.7. The predicted octanol–water partition coefficient (Wildman–Crippen LogP) is 3.37. The Morgan fingerprint density at radius 3 is 2.58 bits per heavy atom. The number of carbonyl (C=O) groups is 2. The lowest BCUT2D eigenvalue weighted by Gasteiger charge is -2.33. The van der Waals surface area contributed by atoms with Gasteiger partial charge >= 0.3 is 0 Å². The molecule has 19 heavy (non-hydrogen) atoms. The molecule has 0 saturated carbocycles. The molecule has 0 saturated heterocycles. The van der Waals surface area contributed by atoms with Crippen LogP contribution < -0.4 is 0 Å². The Hall–Kier alpha value is -1.70. The number of hydrogen-bond acceptors (Lipinski definition) is 2. The van der Waals surface area contributed by atoms with Gasteiger partial charge < -0.3 is 0 Å². The third-order valence-electron chi connectivity index (χ3n) is 4.33. The average molecular weight is 254 g/mol. The summed E-state index contributed by atoms with van der Waals surface area (Å²) in [5.74, 6) is -0.655. The molecule has 2 aliphatic carbocycles. The molecule has 2 aliphatic rings. The van der Waals surface area contributed by atoms with E-state index in [2.05, 4.69) is 19.9 Å². The zero-order chi connectivity index (χ0) is 13.8. The third-order valence-corrected chi connectivity index (χ3v) is 4.33. The van der Waals surface area contributed by atoms with E-state index in [1.807, 2.05) is 12.1 Å². The standard InChI is InChI=1S/C17H18O2/c1-10-8-11-4-5-12-9-17(2,3)7-6-13(12)14(11)16(19)15(10)18/h4-5,8H,6-7,9H2,1-3H3. The molecule has 0 amide bonds. The van der Waals surface area contributed by atoms with Crippen LogP contribution in [0.2, 0.25) is 0 Å². The smallest absolute Gasteiger partial charge is 0.234 e. The van der Waals surface area contributed by atoms with Crippen LogP contribution in [0.15, 0.2) is 17.7 Å². The largest absolute Gasteiger partial charge is 0.285 e. The summed E-state index contributed by atoms with van der Waals surface area (Å²) in [4.78, 5) is 24.2. The van der Waals surface area contributed by atoms with Crippen LogP contribution >= 0.6 is 0 Å². The van der Waals surface area contributed by atoms with Crippen LogP contribution in [0.25, 0.3) is 6.08 Å². The molecule has 0 aromatic heterocycles. The quantitative estimate of drug-likeness (QED) is 0.665. The molecular formula is C17H18O2. The number of allylic oxidation sites excluding steroid dienone is 1. The van der Waals surface area contributed by atoms with Crippen LogP contribution in [-0.4, -0.2) is 11.6 Å². The van der Waals surface area contributed by atoms with Gasteiger partial charge in [-0.05, 0) is 54.4 Å². The maximum Gasteiger partial charge on any atom is 0.234 e. The summed E-state index contributed by atoms with van der Waals surface area (Å²) in [6, 6.07) is 4.12. The van der Waals surface area contributed by atoms with Crippen molar-refractivity contribution in [3.05, 3.63) is 40.0 Å². The van der Waals surface area contributed by atoms with E-state index in [0.717, 1.165) is 30.4 Å². The molecule has 0 atom stereocenters. The first-order valence-electron chi connectivity index (χ1n) is 6.81. The highest BCUT2D eigenvalue weighted by Gasteiger charge is 2.33. The Kier molecular flexibility index (Phi) is 2.53.